The first-order valence-electron chi connectivity index (χ1n) is 6.55. The summed E-state index contributed by atoms with van der Waals surface area (Å²) < 4.78 is 0. The maximum Gasteiger partial charge on any atom is 0.0456 e. The molecule has 1 aromatic rings. The second-order valence-corrected chi connectivity index (χ2v) is 5.31. The van der Waals surface area contributed by atoms with Crippen LogP contribution in [0.1, 0.15) is 30.4 Å². The van der Waals surface area contributed by atoms with Gasteiger partial charge in [0.15, 0.2) is 0 Å². The van der Waals surface area contributed by atoms with Crippen molar-refractivity contribution in [3.63, 3.8) is 0 Å². The Morgan fingerprint density at radius 1 is 1.12 bits per heavy atom. The van der Waals surface area contributed by atoms with E-state index in [1.165, 1.54) is 30.4 Å². The number of benzene rings is 1. The number of hydrogen-bond acceptors (Lipinski definition) is 2. The maximum atomic E-state index is 5.61. The van der Waals surface area contributed by atoms with E-state index in [2.05, 4.69) is 41.3 Å². The minimum absolute atomic E-state index is 0.288. The van der Waals surface area contributed by atoms with Gasteiger partial charge in [0.1, 0.15) is 0 Å². The van der Waals surface area contributed by atoms with Crippen molar-refractivity contribution < 1.29 is 0 Å². The third-order valence-corrected chi connectivity index (χ3v) is 3.70. The molecule has 1 saturated heterocycles. The average molecular weight is 228 g/mol. The number of likely N-dealkylation sites (tertiary alicyclic amines) is 1. The van der Waals surface area contributed by atoms with Gasteiger partial charge < -0.3 is 5.73 Å². The van der Waals surface area contributed by atoms with Gasteiger partial charge in [-0.1, -0.05) is 55.7 Å². The normalized spacial score (nSPS) is 22.6. The van der Waals surface area contributed by atoms with Crippen molar-refractivity contribution >= 4 is 6.08 Å². The molecule has 2 nitrogen and oxygen atoms in total. The van der Waals surface area contributed by atoms with Gasteiger partial charge in [0.2, 0.25) is 0 Å². The molecule has 2 N–H and O–H groups in total. The predicted molar refractivity (Wildman–Crippen MR) is 71.6 cm³/mol. The first-order chi connectivity index (χ1) is 8.34. The lowest BCUT2D eigenvalue weighted by Gasteiger charge is -2.47. The molecule has 0 radical (unpaired) electrons. The second-order valence-electron chi connectivity index (χ2n) is 5.31. The summed E-state index contributed by atoms with van der Waals surface area (Å²) in [5, 5.41) is 0. The lowest BCUT2D eigenvalue weighted by Crippen LogP contribution is -2.59. The highest BCUT2D eigenvalue weighted by molar-refractivity contribution is 5.66. The third-order valence-electron chi connectivity index (χ3n) is 3.70. The molecule has 1 heterocycles. The molecule has 0 atom stereocenters. The number of nitrogens with zero attached hydrogens (tertiary/aromatic N) is 1. The number of rotatable bonds is 1. The summed E-state index contributed by atoms with van der Waals surface area (Å²) in [6.07, 6.45) is 9.08. The van der Waals surface area contributed by atoms with E-state index >= 15 is 0 Å². The Bertz CT molecular complexity index is 426. The van der Waals surface area contributed by atoms with Crippen molar-refractivity contribution in [1.82, 2.24) is 4.90 Å². The summed E-state index contributed by atoms with van der Waals surface area (Å²) in [7, 11) is 0. The van der Waals surface area contributed by atoms with Crippen molar-refractivity contribution in [2.24, 2.45) is 5.73 Å². The summed E-state index contributed by atoms with van der Waals surface area (Å²) in [5.41, 5.74) is 8.75. The summed E-state index contributed by atoms with van der Waals surface area (Å²) in [6.45, 7) is 2.84. The highest BCUT2D eigenvalue weighted by Crippen LogP contribution is 2.42. The van der Waals surface area contributed by atoms with Gasteiger partial charge in [0, 0.05) is 25.2 Å². The molecule has 0 unspecified atom stereocenters. The van der Waals surface area contributed by atoms with E-state index in [1.54, 1.807) is 0 Å². The van der Waals surface area contributed by atoms with Gasteiger partial charge in [-0.2, -0.15) is 0 Å². The van der Waals surface area contributed by atoms with Crippen LogP contribution in [0.3, 0.4) is 0 Å². The molecule has 0 bridgehead atoms. The Balaban J connectivity index is 0.000000264. The number of fused-ring (bicyclic) bond motifs is 2. The van der Waals surface area contributed by atoms with Crippen LogP contribution in [0.2, 0.25) is 0 Å². The van der Waals surface area contributed by atoms with E-state index < -0.39 is 0 Å². The van der Waals surface area contributed by atoms with Crippen LogP contribution in [-0.4, -0.2) is 24.7 Å². The quantitative estimate of drug-likeness (QED) is 0.799. The summed E-state index contributed by atoms with van der Waals surface area (Å²) in [6, 6.07) is 8.65. The Morgan fingerprint density at radius 2 is 1.82 bits per heavy atom. The Kier molecular flexibility index (Phi) is 2.77. The van der Waals surface area contributed by atoms with Gasteiger partial charge >= 0.3 is 0 Å². The number of nitrogens with two attached hydrogens (primary N) is 1. The zero-order valence-corrected chi connectivity index (χ0v) is 10.2. The molecular formula is C15H20N2. The van der Waals surface area contributed by atoms with E-state index in [4.69, 9.17) is 5.73 Å². The molecule has 1 aliphatic heterocycles. The van der Waals surface area contributed by atoms with Gasteiger partial charge in [-0.3, -0.25) is 4.90 Å². The van der Waals surface area contributed by atoms with Crippen LogP contribution in [0.4, 0.5) is 0 Å². The van der Waals surface area contributed by atoms with Crippen molar-refractivity contribution in [3.8, 4) is 0 Å². The SMILES string of the molecule is C1CC1.NCN1CC2(C=Cc3ccccc32)C1. The fourth-order valence-electron chi connectivity index (χ4n) is 2.59. The van der Waals surface area contributed by atoms with Crippen LogP contribution in [0, 0.1) is 0 Å². The van der Waals surface area contributed by atoms with Gasteiger partial charge in [-0.05, 0) is 11.1 Å². The zero-order valence-electron chi connectivity index (χ0n) is 10.2. The topological polar surface area (TPSA) is 29.3 Å². The van der Waals surface area contributed by atoms with Crippen molar-refractivity contribution in [1.29, 1.82) is 0 Å². The van der Waals surface area contributed by atoms with Gasteiger partial charge in [0.25, 0.3) is 0 Å². The molecule has 4 rings (SSSR count). The van der Waals surface area contributed by atoms with E-state index in [-0.39, 0.29) is 5.41 Å². The molecule has 0 amide bonds. The van der Waals surface area contributed by atoms with E-state index in [1.807, 2.05) is 0 Å². The van der Waals surface area contributed by atoms with E-state index in [9.17, 15) is 0 Å². The average Bonchev–Trinajstić information content (AvgIpc) is 3.14. The molecule has 2 heteroatoms. The fraction of sp³-hybridized carbons (Fsp3) is 0.467. The molecule has 1 saturated carbocycles. The minimum atomic E-state index is 0.288. The monoisotopic (exact) mass is 228 g/mol. The summed E-state index contributed by atoms with van der Waals surface area (Å²) in [5.74, 6) is 0. The van der Waals surface area contributed by atoms with Gasteiger partial charge in [0.05, 0.1) is 0 Å². The summed E-state index contributed by atoms with van der Waals surface area (Å²) >= 11 is 0. The van der Waals surface area contributed by atoms with Crippen molar-refractivity contribution in [3.05, 3.63) is 41.5 Å². The zero-order chi connectivity index (χ0) is 11.7. The molecule has 0 aromatic heterocycles. The highest BCUT2D eigenvalue weighted by Gasteiger charge is 2.44. The Morgan fingerprint density at radius 3 is 2.47 bits per heavy atom. The fourth-order valence-corrected chi connectivity index (χ4v) is 2.59. The largest absolute Gasteiger partial charge is 0.318 e. The molecule has 90 valence electrons. The molecule has 1 spiro atoms. The van der Waals surface area contributed by atoms with Crippen molar-refractivity contribution in [2.45, 2.75) is 24.7 Å². The number of hydrogen-bond donors (Lipinski definition) is 1. The smallest absolute Gasteiger partial charge is 0.0456 e. The van der Waals surface area contributed by atoms with Gasteiger partial charge in [-0.15, -0.1) is 0 Å². The van der Waals surface area contributed by atoms with Crippen LogP contribution in [0.5, 0.6) is 0 Å². The van der Waals surface area contributed by atoms with E-state index in [0.717, 1.165) is 13.1 Å². The van der Waals surface area contributed by atoms with E-state index in [0.29, 0.717) is 6.67 Å². The highest BCUT2D eigenvalue weighted by atomic mass is 15.2. The second kappa shape index (κ2) is 4.28. The van der Waals surface area contributed by atoms with Crippen LogP contribution in [-0.2, 0) is 5.41 Å². The van der Waals surface area contributed by atoms with Crippen LogP contribution >= 0.6 is 0 Å². The molecular weight excluding hydrogens is 208 g/mol. The van der Waals surface area contributed by atoms with Crippen LogP contribution in [0.25, 0.3) is 6.08 Å². The third kappa shape index (κ3) is 2.03. The lowest BCUT2D eigenvalue weighted by molar-refractivity contribution is 0.104. The standard InChI is InChI=1S/C12H14N2.C3H6/c13-9-14-7-12(8-14)6-5-10-3-1-2-4-11(10)12;1-2-3-1/h1-6H,7-9,13H2;1-3H2. The van der Waals surface area contributed by atoms with Crippen LogP contribution in [0.15, 0.2) is 30.3 Å². The molecule has 2 aliphatic carbocycles. The molecule has 2 fully saturated rings. The van der Waals surface area contributed by atoms with Crippen LogP contribution < -0.4 is 5.73 Å². The summed E-state index contributed by atoms with van der Waals surface area (Å²) in [4.78, 5) is 2.27. The first-order valence-corrected chi connectivity index (χ1v) is 6.55. The first kappa shape index (κ1) is 11.0. The lowest BCUT2D eigenvalue weighted by atomic mass is 9.76. The molecule has 3 aliphatic rings. The van der Waals surface area contributed by atoms with Crippen molar-refractivity contribution in [2.75, 3.05) is 19.8 Å². The Hall–Kier alpha value is -1.12. The molecule has 1 aromatic carbocycles. The van der Waals surface area contributed by atoms with Gasteiger partial charge in [-0.25, -0.2) is 0 Å². The maximum absolute atomic E-state index is 5.61. The molecule has 17 heavy (non-hydrogen) atoms. The Labute approximate surface area is 103 Å². The predicted octanol–water partition coefficient (Wildman–Crippen LogP) is 2.35. The minimum Gasteiger partial charge on any atom is -0.318 e.